The van der Waals surface area contributed by atoms with Gasteiger partial charge in [-0.25, -0.2) is 9.82 Å². The van der Waals surface area contributed by atoms with E-state index in [-0.39, 0.29) is 42.3 Å². The van der Waals surface area contributed by atoms with Gasteiger partial charge in [0.2, 0.25) is 5.91 Å². The van der Waals surface area contributed by atoms with Gasteiger partial charge in [-0.05, 0) is 61.6 Å². The van der Waals surface area contributed by atoms with Gasteiger partial charge in [0.1, 0.15) is 18.2 Å². The Balaban J connectivity index is 1.58. The van der Waals surface area contributed by atoms with Gasteiger partial charge >= 0.3 is 0 Å². The van der Waals surface area contributed by atoms with E-state index in [1.54, 1.807) is 0 Å². The Morgan fingerprint density at radius 2 is 1.83 bits per heavy atom. The summed E-state index contributed by atoms with van der Waals surface area (Å²) >= 11 is 0. The van der Waals surface area contributed by atoms with E-state index in [0.717, 1.165) is 38.5 Å². The number of fused-ring (bicyclic) bond motifs is 3. The number of rotatable bonds is 9. The molecule has 8 nitrogen and oxygen atoms in total. The first-order valence-electron chi connectivity index (χ1n) is 10.2. The molecule has 0 atom stereocenters. The second-order valence-electron chi connectivity index (χ2n) is 8.23. The summed E-state index contributed by atoms with van der Waals surface area (Å²) in [5.41, 5.74) is 15.8. The average molecular weight is 417 g/mol. The Bertz CT molecular complexity index is 799. The van der Waals surface area contributed by atoms with E-state index in [2.05, 4.69) is 28.1 Å². The lowest BCUT2D eigenvalue weighted by Gasteiger charge is -2.52. The topological polar surface area (TPSA) is 136 Å². The van der Waals surface area contributed by atoms with Crippen LogP contribution in [0.2, 0.25) is 0 Å². The fourth-order valence-electron chi connectivity index (χ4n) is 4.64. The SMILES string of the molecule is N=NNC(=N)CNC(=O)C12CCC(c3ccc(OC/C(=C/F)CN)cc3)(CC1)CC2. The molecule has 162 valence electrons. The number of hydrogen-bond donors (Lipinski definition) is 5. The summed E-state index contributed by atoms with van der Waals surface area (Å²) in [5, 5.41) is 13.3. The first-order chi connectivity index (χ1) is 14.5. The third kappa shape index (κ3) is 4.51. The molecule has 0 spiro atoms. The van der Waals surface area contributed by atoms with Crippen LogP contribution < -0.4 is 21.2 Å². The lowest BCUT2D eigenvalue weighted by atomic mass is 9.51. The Hall–Kier alpha value is -2.81. The Morgan fingerprint density at radius 3 is 2.37 bits per heavy atom. The zero-order chi connectivity index (χ0) is 21.6. The van der Waals surface area contributed by atoms with Gasteiger partial charge in [-0.15, -0.1) is 0 Å². The molecule has 0 radical (unpaired) electrons. The van der Waals surface area contributed by atoms with Crippen LogP contribution in [0.15, 0.2) is 41.4 Å². The van der Waals surface area contributed by atoms with Crippen molar-refractivity contribution in [3.8, 4) is 5.75 Å². The molecule has 3 aliphatic carbocycles. The molecular formula is C21H29FN6O2. The molecule has 6 N–H and O–H groups in total. The van der Waals surface area contributed by atoms with Crippen LogP contribution in [0.1, 0.15) is 44.1 Å². The second-order valence-corrected chi connectivity index (χ2v) is 8.23. The molecular weight excluding hydrogens is 387 g/mol. The van der Waals surface area contributed by atoms with Crippen LogP contribution in [0.25, 0.3) is 0 Å². The van der Waals surface area contributed by atoms with Gasteiger partial charge in [-0.3, -0.25) is 10.2 Å². The molecule has 9 heteroatoms. The molecule has 0 unspecified atom stereocenters. The van der Waals surface area contributed by atoms with Gasteiger partial charge < -0.3 is 15.8 Å². The molecule has 3 saturated carbocycles. The number of carbonyl (C=O) groups excluding carboxylic acids is 1. The standard InChI is InChI=1S/C21H29FN6O2/c22-11-15(12-23)14-30-17-3-1-16(2-4-17)20-5-8-21(9-6-20,10-7-20)19(29)26-13-18(24)27-28-25/h1-4,11H,5-10,12-14,23H2,(H,26,29)(H3,24,25,27)/b15-11+. The minimum Gasteiger partial charge on any atom is -0.489 e. The number of amides is 1. The van der Waals surface area contributed by atoms with Gasteiger partial charge in [0.05, 0.1) is 12.9 Å². The number of ether oxygens (including phenoxy) is 1. The number of halogens is 1. The normalized spacial score (nSPS) is 25.5. The highest BCUT2D eigenvalue weighted by atomic mass is 19.1. The molecule has 2 bridgehead atoms. The first-order valence-corrected chi connectivity index (χ1v) is 10.2. The highest BCUT2D eigenvalue weighted by molar-refractivity contribution is 5.89. The van der Waals surface area contributed by atoms with E-state index in [0.29, 0.717) is 17.7 Å². The quantitative estimate of drug-likeness (QED) is 0.183. The van der Waals surface area contributed by atoms with E-state index in [4.69, 9.17) is 21.4 Å². The van der Waals surface area contributed by atoms with Crippen molar-refractivity contribution >= 4 is 11.7 Å². The summed E-state index contributed by atoms with van der Waals surface area (Å²) in [4.78, 5) is 12.8. The van der Waals surface area contributed by atoms with Gasteiger partial charge in [0.15, 0.2) is 0 Å². The zero-order valence-electron chi connectivity index (χ0n) is 17.0. The maximum atomic E-state index is 12.8. The summed E-state index contributed by atoms with van der Waals surface area (Å²) in [6, 6.07) is 7.98. The lowest BCUT2D eigenvalue weighted by molar-refractivity contribution is -0.137. The summed E-state index contributed by atoms with van der Waals surface area (Å²) < 4.78 is 18.2. The summed E-state index contributed by atoms with van der Waals surface area (Å²) in [6.45, 7) is 0.321. The van der Waals surface area contributed by atoms with Gasteiger partial charge in [0, 0.05) is 17.5 Å². The number of amidine groups is 1. The van der Waals surface area contributed by atoms with Crippen LogP contribution in [-0.2, 0) is 10.2 Å². The van der Waals surface area contributed by atoms with E-state index in [1.165, 1.54) is 5.56 Å². The predicted octanol–water partition coefficient (Wildman–Crippen LogP) is 3.10. The lowest BCUT2D eigenvalue weighted by Crippen LogP contribution is -2.52. The third-order valence-corrected chi connectivity index (χ3v) is 6.65. The van der Waals surface area contributed by atoms with Gasteiger partial charge in [-0.2, -0.15) is 5.53 Å². The Labute approximate surface area is 175 Å². The van der Waals surface area contributed by atoms with Gasteiger partial charge in [-0.1, -0.05) is 17.4 Å². The van der Waals surface area contributed by atoms with Crippen molar-refractivity contribution in [1.29, 1.82) is 10.9 Å². The molecule has 1 amide bonds. The molecule has 0 aromatic heterocycles. The summed E-state index contributed by atoms with van der Waals surface area (Å²) in [7, 11) is 0. The highest BCUT2D eigenvalue weighted by Crippen LogP contribution is 2.57. The fourth-order valence-corrected chi connectivity index (χ4v) is 4.64. The summed E-state index contributed by atoms with van der Waals surface area (Å²) in [6.07, 6.45) is 5.79. The summed E-state index contributed by atoms with van der Waals surface area (Å²) in [5.74, 6) is 0.671. The number of hydrogen-bond acceptors (Lipinski definition) is 6. The maximum Gasteiger partial charge on any atom is 0.226 e. The maximum absolute atomic E-state index is 12.8. The minimum absolute atomic E-state index is 0.00128. The number of nitrogens with zero attached hydrogens (tertiary/aromatic N) is 1. The fraction of sp³-hybridized carbons (Fsp3) is 0.524. The number of benzene rings is 1. The number of nitrogens with two attached hydrogens (primary N) is 1. The van der Waals surface area contributed by atoms with Crippen LogP contribution in [0.4, 0.5) is 4.39 Å². The molecule has 0 aliphatic heterocycles. The third-order valence-electron chi connectivity index (χ3n) is 6.65. The molecule has 0 heterocycles. The van der Waals surface area contributed by atoms with Crippen molar-refractivity contribution in [2.75, 3.05) is 19.7 Å². The second kappa shape index (κ2) is 9.34. The smallest absolute Gasteiger partial charge is 0.226 e. The molecule has 4 rings (SSSR count). The first kappa shape index (κ1) is 21.9. The van der Waals surface area contributed by atoms with Crippen LogP contribution in [0, 0.1) is 16.4 Å². The van der Waals surface area contributed by atoms with Crippen molar-refractivity contribution in [1.82, 2.24) is 10.7 Å². The van der Waals surface area contributed by atoms with Crippen LogP contribution in [-0.4, -0.2) is 31.4 Å². The number of nitrogens with one attached hydrogen (secondary N) is 4. The van der Waals surface area contributed by atoms with E-state index >= 15 is 0 Å². The molecule has 1 aromatic carbocycles. The minimum atomic E-state index is -0.361. The van der Waals surface area contributed by atoms with Crippen molar-refractivity contribution in [2.24, 2.45) is 16.4 Å². The van der Waals surface area contributed by atoms with Crippen molar-refractivity contribution in [3.63, 3.8) is 0 Å². The average Bonchev–Trinajstić information content (AvgIpc) is 2.80. The Morgan fingerprint density at radius 1 is 1.20 bits per heavy atom. The van der Waals surface area contributed by atoms with Crippen molar-refractivity contribution in [3.05, 3.63) is 41.7 Å². The van der Waals surface area contributed by atoms with Crippen LogP contribution in [0.5, 0.6) is 5.75 Å². The van der Waals surface area contributed by atoms with Crippen LogP contribution in [0.3, 0.4) is 0 Å². The van der Waals surface area contributed by atoms with E-state index in [1.807, 2.05) is 12.1 Å². The molecule has 1 aromatic rings. The van der Waals surface area contributed by atoms with E-state index in [9.17, 15) is 9.18 Å². The van der Waals surface area contributed by atoms with Crippen molar-refractivity contribution < 1.29 is 13.9 Å². The molecule has 3 fully saturated rings. The molecule has 30 heavy (non-hydrogen) atoms. The molecule has 0 saturated heterocycles. The zero-order valence-corrected chi connectivity index (χ0v) is 17.0. The largest absolute Gasteiger partial charge is 0.489 e. The van der Waals surface area contributed by atoms with Crippen LogP contribution >= 0.6 is 0 Å². The van der Waals surface area contributed by atoms with E-state index < -0.39 is 0 Å². The highest BCUT2D eigenvalue weighted by Gasteiger charge is 2.52. The monoisotopic (exact) mass is 416 g/mol. The van der Waals surface area contributed by atoms with Gasteiger partial charge in [0.25, 0.3) is 0 Å². The van der Waals surface area contributed by atoms with Crippen molar-refractivity contribution in [2.45, 2.75) is 43.9 Å². The Kier molecular flexibility index (Phi) is 6.81. The number of carbonyl (C=O) groups is 1. The predicted molar refractivity (Wildman–Crippen MR) is 111 cm³/mol. The molecule has 3 aliphatic rings.